The van der Waals surface area contributed by atoms with Crippen LogP contribution in [0.2, 0.25) is 0 Å². The summed E-state index contributed by atoms with van der Waals surface area (Å²) in [5.41, 5.74) is 7.34. The van der Waals surface area contributed by atoms with E-state index in [2.05, 4.69) is 4.40 Å². The highest BCUT2D eigenvalue weighted by Crippen LogP contribution is 2.41. The van der Waals surface area contributed by atoms with Crippen LogP contribution in [0, 0.1) is 12.7 Å². The van der Waals surface area contributed by atoms with Crippen molar-refractivity contribution in [1.29, 1.82) is 0 Å². The molecule has 5 aromatic rings. The molecular weight excluding hydrogens is 373 g/mol. The van der Waals surface area contributed by atoms with Gasteiger partial charge in [0.25, 0.3) is 0 Å². The summed E-state index contributed by atoms with van der Waals surface area (Å²) in [7, 11) is 0. The Hall–Kier alpha value is -3.72. The SMILES string of the molecule is CC(=O)c1c(-c2ccccc2)c2c(-c3ccccc3)cc3cc(F)ccc3n2c1C. The van der Waals surface area contributed by atoms with E-state index in [-0.39, 0.29) is 11.6 Å². The molecule has 0 bridgehead atoms. The lowest BCUT2D eigenvalue weighted by atomic mass is 9.95. The normalized spacial score (nSPS) is 11.3. The molecule has 146 valence electrons. The summed E-state index contributed by atoms with van der Waals surface area (Å²) in [6.45, 7) is 3.58. The first kappa shape index (κ1) is 18.3. The summed E-state index contributed by atoms with van der Waals surface area (Å²) >= 11 is 0. The third-order valence-electron chi connectivity index (χ3n) is 5.69. The Kier molecular flexibility index (Phi) is 4.25. The van der Waals surface area contributed by atoms with Gasteiger partial charge in [0.05, 0.1) is 11.0 Å². The number of ketones is 1. The maximum absolute atomic E-state index is 14.1. The number of nitrogens with zero attached hydrogens (tertiary/aromatic N) is 1. The van der Waals surface area contributed by atoms with Gasteiger partial charge in [0.15, 0.2) is 5.78 Å². The maximum Gasteiger partial charge on any atom is 0.162 e. The maximum atomic E-state index is 14.1. The average Bonchev–Trinajstić information content (AvgIpc) is 3.08. The number of hydrogen-bond donors (Lipinski definition) is 0. The molecule has 0 aliphatic carbocycles. The predicted molar refractivity (Wildman–Crippen MR) is 120 cm³/mol. The molecule has 0 spiro atoms. The number of carbonyl (C=O) groups is 1. The quantitative estimate of drug-likeness (QED) is 0.300. The molecular formula is C27H20FNO. The number of hydrogen-bond acceptors (Lipinski definition) is 1. The number of fused-ring (bicyclic) bond motifs is 3. The highest BCUT2D eigenvalue weighted by molar-refractivity contribution is 6.11. The monoisotopic (exact) mass is 393 g/mol. The third-order valence-corrected chi connectivity index (χ3v) is 5.69. The van der Waals surface area contributed by atoms with Crippen molar-refractivity contribution in [3.05, 3.63) is 102 Å². The van der Waals surface area contributed by atoms with Gasteiger partial charge in [0.2, 0.25) is 0 Å². The molecule has 0 radical (unpaired) electrons. The van der Waals surface area contributed by atoms with Gasteiger partial charge in [-0.1, -0.05) is 60.7 Å². The van der Waals surface area contributed by atoms with Crippen molar-refractivity contribution in [2.24, 2.45) is 0 Å². The van der Waals surface area contributed by atoms with Crippen molar-refractivity contribution in [2.75, 3.05) is 0 Å². The van der Waals surface area contributed by atoms with Crippen LogP contribution in [0.1, 0.15) is 23.0 Å². The van der Waals surface area contributed by atoms with Gasteiger partial charge in [-0.15, -0.1) is 0 Å². The van der Waals surface area contributed by atoms with Crippen LogP contribution in [0.3, 0.4) is 0 Å². The molecule has 30 heavy (non-hydrogen) atoms. The average molecular weight is 393 g/mol. The molecule has 0 amide bonds. The first-order valence-electron chi connectivity index (χ1n) is 9.95. The van der Waals surface area contributed by atoms with E-state index in [1.54, 1.807) is 19.1 Å². The van der Waals surface area contributed by atoms with Crippen LogP contribution in [0.25, 0.3) is 38.7 Å². The Balaban J connectivity index is 2.07. The van der Waals surface area contributed by atoms with Gasteiger partial charge in [-0.3, -0.25) is 4.79 Å². The Morgan fingerprint density at radius 3 is 2.10 bits per heavy atom. The summed E-state index contributed by atoms with van der Waals surface area (Å²) < 4.78 is 16.2. The number of rotatable bonds is 3. The Morgan fingerprint density at radius 1 is 0.833 bits per heavy atom. The van der Waals surface area contributed by atoms with Gasteiger partial charge in [0, 0.05) is 27.8 Å². The first-order valence-corrected chi connectivity index (χ1v) is 9.95. The van der Waals surface area contributed by atoms with E-state index >= 15 is 0 Å². The fourth-order valence-corrected chi connectivity index (χ4v) is 4.47. The fourth-order valence-electron chi connectivity index (χ4n) is 4.47. The van der Waals surface area contributed by atoms with Gasteiger partial charge in [0.1, 0.15) is 5.82 Å². The second-order valence-electron chi connectivity index (χ2n) is 7.57. The van der Waals surface area contributed by atoms with Gasteiger partial charge >= 0.3 is 0 Å². The number of carbonyl (C=O) groups excluding carboxylic acids is 1. The molecule has 3 heteroatoms. The lowest BCUT2D eigenvalue weighted by Crippen LogP contribution is -1.97. The minimum absolute atomic E-state index is 0.0179. The summed E-state index contributed by atoms with van der Waals surface area (Å²) in [5, 5.41) is 0.800. The van der Waals surface area contributed by atoms with Crippen LogP contribution in [0.4, 0.5) is 4.39 Å². The number of aromatic nitrogens is 1. The van der Waals surface area contributed by atoms with Crippen molar-refractivity contribution in [2.45, 2.75) is 13.8 Å². The highest BCUT2D eigenvalue weighted by Gasteiger charge is 2.24. The fraction of sp³-hybridized carbons (Fsp3) is 0.0741. The smallest absolute Gasteiger partial charge is 0.162 e. The van der Waals surface area contributed by atoms with Crippen molar-refractivity contribution >= 4 is 22.2 Å². The van der Waals surface area contributed by atoms with E-state index in [4.69, 9.17) is 0 Å². The molecule has 3 aromatic carbocycles. The largest absolute Gasteiger partial charge is 0.312 e. The molecule has 0 N–H and O–H groups in total. The molecule has 5 rings (SSSR count). The van der Waals surface area contributed by atoms with Gasteiger partial charge in [-0.25, -0.2) is 4.39 Å². The molecule has 0 saturated heterocycles. The number of Topliss-reactive ketones (excluding diaryl/α,β-unsaturated/α-hetero) is 1. The van der Waals surface area contributed by atoms with Gasteiger partial charge in [-0.2, -0.15) is 0 Å². The zero-order valence-corrected chi connectivity index (χ0v) is 16.8. The molecule has 0 saturated carbocycles. The van der Waals surface area contributed by atoms with E-state index in [1.807, 2.05) is 73.7 Å². The van der Waals surface area contributed by atoms with Crippen molar-refractivity contribution in [1.82, 2.24) is 4.40 Å². The lowest BCUT2D eigenvalue weighted by Gasteiger charge is -2.13. The van der Waals surface area contributed by atoms with E-state index in [0.29, 0.717) is 5.56 Å². The zero-order chi connectivity index (χ0) is 20.8. The summed E-state index contributed by atoms with van der Waals surface area (Å²) in [6, 6.07) is 26.9. The highest BCUT2D eigenvalue weighted by atomic mass is 19.1. The molecule has 2 aromatic heterocycles. The molecule has 2 heterocycles. The van der Waals surface area contributed by atoms with Crippen LogP contribution in [0.15, 0.2) is 84.9 Å². The molecule has 0 aliphatic heterocycles. The molecule has 0 atom stereocenters. The minimum Gasteiger partial charge on any atom is -0.312 e. The zero-order valence-electron chi connectivity index (χ0n) is 16.8. The van der Waals surface area contributed by atoms with Crippen molar-refractivity contribution in [3.63, 3.8) is 0 Å². The molecule has 0 unspecified atom stereocenters. The van der Waals surface area contributed by atoms with Crippen molar-refractivity contribution in [3.8, 4) is 22.3 Å². The van der Waals surface area contributed by atoms with Crippen LogP contribution in [-0.4, -0.2) is 10.2 Å². The van der Waals surface area contributed by atoms with Gasteiger partial charge < -0.3 is 4.40 Å². The Bertz CT molecular complexity index is 1420. The number of aryl methyl sites for hydroxylation is 1. The molecule has 0 fully saturated rings. The van der Waals surface area contributed by atoms with E-state index in [1.165, 1.54) is 6.07 Å². The number of pyridine rings is 1. The Labute approximate surface area is 174 Å². The second-order valence-corrected chi connectivity index (χ2v) is 7.57. The topological polar surface area (TPSA) is 21.5 Å². The first-order chi connectivity index (χ1) is 14.6. The van der Waals surface area contributed by atoms with Crippen LogP contribution in [0.5, 0.6) is 0 Å². The summed E-state index contributed by atoms with van der Waals surface area (Å²) in [6.07, 6.45) is 0. The van der Waals surface area contributed by atoms with Crippen LogP contribution in [-0.2, 0) is 0 Å². The third kappa shape index (κ3) is 2.74. The van der Waals surface area contributed by atoms with Crippen LogP contribution < -0.4 is 0 Å². The summed E-state index contributed by atoms with van der Waals surface area (Å²) in [5.74, 6) is -0.259. The number of benzene rings is 3. The predicted octanol–water partition coefficient (Wildman–Crippen LogP) is 7.08. The summed E-state index contributed by atoms with van der Waals surface area (Å²) in [4.78, 5) is 12.8. The van der Waals surface area contributed by atoms with E-state index in [0.717, 1.165) is 44.4 Å². The minimum atomic E-state index is -0.277. The van der Waals surface area contributed by atoms with Crippen molar-refractivity contribution < 1.29 is 9.18 Å². The molecule has 0 aliphatic rings. The lowest BCUT2D eigenvalue weighted by molar-refractivity contribution is 0.101. The molecule has 2 nitrogen and oxygen atoms in total. The number of halogens is 1. The Morgan fingerprint density at radius 2 is 1.47 bits per heavy atom. The van der Waals surface area contributed by atoms with Crippen LogP contribution >= 0.6 is 0 Å². The standard InChI is InChI=1S/C27H20FNO/c1-17-25(18(2)30)26(20-11-7-4-8-12-20)27-23(19-9-5-3-6-10-19)16-21-15-22(28)13-14-24(21)29(17)27/h3-16H,1-2H3. The van der Waals surface area contributed by atoms with Gasteiger partial charge in [-0.05, 0) is 49.2 Å². The van der Waals surface area contributed by atoms with E-state index in [9.17, 15) is 9.18 Å². The van der Waals surface area contributed by atoms with E-state index < -0.39 is 0 Å². The second kappa shape index (κ2) is 6.96.